The minimum absolute atomic E-state index is 0.301. The Morgan fingerprint density at radius 2 is 1.95 bits per heavy atom. The number of halogens is 1. The van der Waals surface area contributed by atoms with E-state index in [1.807, 2.05) is 24.4 Å². The number of thiazole rings is 1. The van der Waals surface area contributed by atoms with Crippen molar-refractivity contribution in [3.8, 4) is 0 Å². The number of benzene rings is 1. The molecule has 0 spiro atoms. The van der Waals surface area contributed by atoms with Crippen LogP contribution in [0.4, 0.5) is 0 Å². The summed E-state index contributed by atoms with van der Waals surface area (Å²) in [5.74, 6) is 0. The van der Waals surface area contributed by atoms with E-state index in [4.69, 9.17) is 0 Å². The van der Waals surface area contributed by atoms with E-state index >= 15 is 0 Å². The average molecular weight is 389 g/mol. The number of rotatable bonds is 7. The molecule has 114 valence electrons. The first-order valence-corrected chi connectivity index (χ1v) is 10.1. The number of aryl methyl sites for hydroxylation is 2. The van der Waals surface area contributed by atoms with Crippen LogP contribution in [-0.2, 0) is 22.9 Å². The smallest absolute Gasteiger partial charge is 0.240 e. The Morgan fingerprint density at radius 3 is 2.52 bits per heavy atom. The van der Waals surface area contributed by atoms with Crippen LogP contribution in [-0.4, -0.2) is 25.3 Å². The molecular formula is C14H17BrN2O2S2. The maximum Gasteiger partial charge on any atom is 0.240 e. The van der Waals surface area contributed by atoms with Gasteiger partial charge >= 0.3 is 0 Å². The first kappa shape index (κ1) is 16.6. The van der Waals surface area contributed by atoms with E-state index in [0.29, 0.717) is 17.9 Å². The Hall–Kier alpha value is -0.760. The van der Waals surface area contributed by atoms with Gasteiger partial charge in [0.05, 0.1) is 15.6 Å². The molecule has 0 atom stereocenters. The third kappa shape index (κ3) is 4.88. The lowest BCUT2D eigenvalue weighted by molar-refractivity contribution is 0.581. The summed E-state index contributed by atoms with van der Waals surface area (Å²) in [4.78, 5) is 4.62. The van der Waals surface area contributed by atoms with Crippen molar-refractivity contribution in [1.82, 2.24) is 9.71 Å². The molecule has 0 aliphatic heterocycles. The van der Waals surface area contributed by atoms with Gasteiger partial charge in [0.2, 0.25) is 10.0 Å². The highest BCUT2D eigenvalue weighted by Gasteiger charge is 2.13. The molecule has 0 saturated heterocycles. The molecule has 0 saturated carbocycles. The number of hydrogen-bond acceptors (Lipinski definition) is 4. The SMILES string of the molecule is Cc1nc(CCNS(=O)(=O)c2ccc(CCBr)cc2)cs1. The fraction of sp³-hybridized carbons (Fsp3) is 0.357. The Balaban J connectivity index is 1.94. The predicted molar refractivity (Wildman–Crippen MR) is 89.7 cm³/mol. The summed E-state index contributed by atoms with van der Waals surface area (Å²) >= 11 is 4.94. The summed E-state index contributed by atoms with van der Waals surface area (Å²) in [6.07, 6.45) is 1.49. The quantitative estimate of drug-likeness (QED) is 0.741. The number of hydrogen-bond donors (Lipinski definition) is 1. The van der Waals surface area contributed by atoms with Crippen LogP contribution in [0.15, 0.2) is 34.5 Å². The molecule has 1 N–H and O–H groups in total. The lowest BCUT2D eigenvalue weighted by Gasteiger charge is -2.07. The third-order valence-corrected chi connectivity index (χ3v) is 5.65. The summed E-state index contributed by atoms with van der Waals surface area (Å²) in [6, 6.07) is 6.99. The van der Waals surface area contributed by atoms with E-state index < -0.39 is 10.0 Å². The van der Waals surface area contributed by atoms with Gasteiger partial charge in [0.1, 0.15) is 0 Å². The van der Waals surface area contributed by atoms with E-state index in [2.05, 4.69) is 25.6 Å². The minimum Gasteiger partial charge on any atom is -0.247 e. The Morgan fingerprint density at radius 1 is 1.24 bits per heavy atom. The van der Waals surface area contributed by atoms with Crippen LogP contribution >= 0.6 is 27.3 Å². The zero-order valence-electron chi connectivity index (χ0n) is 11.7. The number of aromatic nitrogens is 1. The second-order valence-corrected chi connectivity index (χ2v) is 8.21. The molecule has 0 amide bonds. The Labute approximate surface area is 137 Å². The number of alkyl halides is 1. The van der Waals surface area contributed by atoms with Crippen LogP contribution < -0.4 is 4.72 Å². The van der Waals surface area contributed by atoms with Crippen LogP contribution in [0.5, 0.6) is 0 Å². The van der Waals surface area contributed by atoms with Gasteiger partial charge < -0.3 is 0 Å². The molecule has 4 nitrogen and oxygen atoms in total. The lowest BCUT2D eigenvalue weighted by atomic mass is 10.2. The summed E-state index contributed by atoms with van der Waals surface area (Å²) in [5.41, 5.74) is 2.04. The van der Waals surface area contributed by atoms with Crippen molar-refractivity contribution in [3.63, 3.8) is 0 Å². The van der Waals surface area contributed by atoms with E-state index in [0.717, 1.165) is 28.0 Å². The van der Waals surface area contributed by atoms with Crippen molar-refractivity contribution in [2.24, 2.45) is 0 Å². The lowest BCUT2D eigenvalue weighted by Crippen LogP contribution is -2.26. The summed E-state index contributed by atoms with van der Waals surface area (Å²) in [7, 11) is -3.44. The van der Waals surface area contributed by atoms with Crippen LogP contribution in [0.25, 0.3) is 0 Å². The number of sulfonamides is 1. The summed E-state index contributed by atoms with van der Waals surface area (Å²) < 4.78 is 26.9. The van der Waals surface area contributed by atoms with Crippen molar-refractivity contribution < 1.29 is 8.42 Å². The number of nitrogens with one attached hydrogen (secondary N) is 1. The molecule has 1 aromatic carbocycles. The predicted octanol–water partition coefficient (Wildman–Crippen LogP) is 2.91. The van der Waals surface area contributed by atoms with E-state index in [1.165, 1.54) is 0 Å². The Kier molecular flexibility index (Phi) is 5.92. The van der Waals surface area contributed by atoms with Crippen molar-refractivity contribution in [3.05, 3.63) is 45.9 Å². The van der Waals surface area contributed by atoms with Crippen LogP contribution in [0.1, 0.15) is 16.3 Å². The molecule has 2 aromatic rings. The molecule has 0 aliphatic rings. The average Bonchev–Trinajstić information content (AvgIpc) is 2.85. The van der Waals surface area contributed by atoms with Gasteiger partial charge in [0.25, 0.3) is 0 Å². The maximum atomic E-state index is 12.2. The normalized spacial score (nSPS) is 11.7. The standard InChI is InChI=1S/C14H17BrN2O2S2/c1-11-17-13(10-20-11)7-9-16-21(18,19)14-4-2-12(3-5-14)6-8-15/h2-5,10,16H,6-9H2,1H3. The fourth-order valence-electron chi connectivity index (χ4n) is 1.86. The molecule has 2 rings (SSSR count). The highest BCUT2D eigenvalue weighted by molar-refractivity contribution is 9.09. The van der Waals surface area contributed by atoms with Crippen LogP contribution in [0, 0.1) is 6.92 Å². The zero-order valence-corrected chi connectivity index (χ0v) is 14.9. The fourth-order valence-corrected chi connectivity index (χ4v) is 4.00. The van der Waals surface area contributed by atoms with Gasteiger partial charge in [-0.25, -0.2) is 18.1 Å². The second-order valence-electron chi connectivity index (χ2n) is 4.59. The van der Waals surface area contributed by atoms with Gasteiger partial charge in [-0.05, 0) is 31.0 Å². The Bertz CT molecular complexity index is 681. The van der Waals surface area contributed by atoms with Gasteiger partial charge in [0.15, 0.2) is 0 Å². The van der Waals surface area contributed by atoms with Crippen molar-refractivity contribution in [2.45, 2.75) is 24.7 Å². The molecule has 0 unspecified atom stereocenters. The van der Waals surface area contributed by atoms with Gasteiger partial charge in [0, 0.05) is 23.7 Å². The molecule has 1 aromatic heterocycles. The summed E-state index contributed by atoms with van der Waals surface area (Å²) in [6.45, 7) is 2.29. The van der Waals surface area contributed by atoms with Crippen molar-refractivity contribution >= 4 is 37.3 Å². The molecule has 0 bridgehead atoms. The number of nitrogens with zero attached hydrogens (tertiary/aromatic N) is 1. The van der Waals surface area contributed by atoms with E-state index in [-0.39, 0.29) is 0 Å². The molecule has 1 heterocycles. The monoisotopic (exact) mass is 388 g/mol. The first-order chi connectivity index (χ1) is 10.0. The van der Waals surface area contributed by atoms with Gasteiger partial charge in [-0.1, -0.05) is 28.1 Å². The highest BCUT2D eigenvalue weighted by atomic mass is 79.9. The molecular weight excluding hydrogens is 372 g/mol. The van der Waals surface area contributed by atoms with Gasteiger partial charge in [-0.3, -0.25) is 0 Å². The second kappa shape index (κ2) is 7.49. The zero-order chi connectivity index (χ0) is 15.3. The van der Waals surface area contributed by atoms with Crippen LogP contribution in [0.3, 0.4) is 0 Å². The highest BCUT2D eigenvalue weighted by Crippen LogP contribution is 2.12. The summed E-state index contributed by atoms with van der Waals surface area (Å²) in [5, 5.41) is 3.82. The van der Waals surface area contributed by atoms with Gasteiger partial charge in [-0.15, -0.1) is 11.3 Å². The third-order valence-electron chi connectivity index (χ3n) is 2.96. The molecule has 7 heteroatoms. The van der Waals surface area contributed by atoms with Crippen LogP contribution in [0.2, 0.25) is 0 Å². The van der Waals surface area contributed by atoms with E-state index in [9.17, 15) is 8.42 Å². The molecule has 0 radical (unpaired) electrons. The minimum atomic E-state index is -3.44. The molecule has 0 aliphatic carbocycles. The molecule has 0 fully saturated rings. The topological polar surface area (TPSA) is 59.1 Å². The maximum absolute atomic E-state index is 12.2. The first-order valence-electron chi connectivity index (χ1n) is 6.57. The van der Waals surface area contributed by atoms with E-state index in [1.54, 1.807) is 23.5 Å². The van der Waals surface area contributed by atoms with Gasteiger partial charge in [-0.2, -0.15) is 0 Å². The van der Waals surface area contributed by atoms with Crippen molar-refractivity contribution in [2.75, 3.05) is 11.9 Å². The van der Waals surface area contributed by atoms with Crippen molar-refractivity contribution in [1.29, 1.82) is 0 Å². The largest absolute Gasteiger partial charge is 0.247 e. The molecule has 21 heavy (non-hydrogen) atoms.